The number of hydrogen-bond donors (Lipinski definition) is 1. The predicted molar refractivity (Wildman–Crippen MR) is 128 cm³/mol. The monoisotopic (exact) mass is 479 g/mol. The highest BCUT2D eigenvalue weighted by Crippen LogP contribution is 2.35. The molecule has 1 N–H and O–H groups in total. The Hall–Kier alpha value is -3.23. The Balaban J connectivity index is 1.15. The third-order valence-electron chi connectivity index (χ3n) is 7.33. The van der Waals surface area contributed by atoms with Gasteiger partial charge in [-0.1, -0.05) is 43.0 Å². The number of likely N-dealkylation sites (tertiary alicyclic amines) is 1. The Kier molecular flexibility index (Phi) is 6.83. The molecule has 35 heavy (non-hydrogen) atoms. The average molecular weight is 480 g/mol. The van der Waals surface area contributed by atoms with Crippen LogP contribution in [0.5, 0.6) is 0 Å². The summed E-state index contributed by atoms with van der Waals surface area (Å²) >= 11 is 0. The lowest BCUT2D eigenvalue weighted by atomic mass is 9.89. The summed E-state index contributed by atoms with van der Waals surface area (Å²) < 4.78 is 11.4. The fraction of sp³-hybridized carbons (Fsp3) is 0.577. The molecule has 186 valence electrons. The van der Waals surface area contributed by atoms with Crippen LogP contribution in [0.4, 0.5) is 0 Å². The molecule has 3 heterocycles. The Bertz CT molecular complexity index is 1140. The van der Waals surface area contributed by atoms with E-state index in [0.29, 0.717) is 37.6 Å². The average Bonchev–Trinajstić information content (AvgIpc) is 3.46. The molecule has 2 aliphatic rings. The second-order valence-corrected chi connectivity index (χ2v) is 9.86. The van der Waals surface area contributed by atoms with Crippen LogP contribution in [0.1, 0.15) is 88.2 Å². The summed E-state index contributed by atoms with van der Waals surface area (Å²) in [5, 5.41) is 7.31. The number of fused-ring (bicyclic) bond motifs is 1. The normalized spacial score (nSPS) is 18.9. The molecule has 2 aromatic heterocycles. The standard InChI is InChI=1S/C26H33N5O4/c1-18(32)29-26(14-6-2-3-7-15-26)25-28-22(35-30-25)10-11-23(33)31-16-12-19(13-17-31)24-27-20-8-4-5-9-21(20)34-24/h4-5,8-9,19H,2-3,6-7,10-17H2,1H3,(H,29,32). The molecule has 1 saturated carbocycles. The summed E-state index contributed by atoms with van der Waals surface area (Å²) in [7, 11) is 0. The molecule has 0 atom stereocenters. The van der Waals surface area contributed by atoms with Gasteiger partial charge in [-0.2, -0.15) is 4.98 Å². The molecule has 5 rings (SSSR count). The van der Waals surface area contributed by atoms with Gasteiger partial charge in [0.1, 0.15) is 11.1 Å². The number of benzene rings is 1. The lowest BCUT2D eigenvalue weighted by Gasteiger charge is -2.30. The highest BCUT2D eigenvalue weighted by atomic mass is 16.5. The maximum atomic E-state index is 12.9. The second-order valence-electron chi connectivity index (χ2n) is 9.86. The van der Waals surface area contributed by atoms with Crippen molar-refractivity contribution in [3.63, 3.8) is 0 Å². The van der Waals surface area contributed by atoms with Gasteiger partial charge >= 0.3 is 0 Å². The number of aryl methyl sites for hydroxylation is 1. The van der Waals surface area contributed by atoms with E-state index >= 15 is 0 Å². The molecule has 2 amide bonds. The van der Waals surface area contributed by atoms with Gasteiger partial charge in [-0.15, -0.1) is 0 Å². The largest absolute Gasteiger partial charge is 0.440 e. The number of para-hydroxylation sites is 2. The zero-order chi connectivity index (χ0) is 24.3. The molecule has 1 aromatic carbocycles. The lowest BCUT2D eigenvalue weighted by Crippen LogP contribution is -2.45. The second kappa shape index (κ2) is 10.2. The van der Waals surface area contributed by atoms with E-state index in [9.17, 15) is 9.59 Å². The van der Waals surface area contributed by atoms with Crippen molar-refractivity contribution in [2.24, 2.45) is 0 Å². The van der Waals surface area contributed by atoms with Crippen molar-refractivity contribution in [2.45, 2.75) is 82.6 Å². The third kappa shape index (κ3) is 5.23. The summed E-state index contributed by atoms with van der Waals surface area (Å²) in [5.41, 5.74) is 1.12. The van der Waals surface area contributed by atoms with Crippen LogP contribution >= 0.6 is 0 Å². The van der Waals surface area contributed by atoms with Crippen LogP contribution in [0.25, 0.3) is 11.1 Å². The van der Waals surface area contributed by atoms with Gasteiger partial charge in [-0.3, -0.25) is 9.59 Å². The molecule has 0 radical (unpaired) electrons. The van der Waals surface area contributed by atoms with E-state index in [2.05, 4.69) is 20.4 Å². The number of aromatic nitrogens is 3. The number of oxazole rings is 1. The zero-order valence-corrected chi connectivity index (χ0v) is 20.3. The first-order valence-electron chi connectivity index (χ1n) is 12.8. The summed E-state index contributed by atoms with van der Waals surface area (Å²) in [6.07, 6.45) is 8.32. The number of piperidine rings is 1. The van der Waals surface area contributed by atoms with E-state index in [0.717, 1.165) is 68.4 Å². The maximum Gasteiger partial charge on any atom is 0.227 e. The van der Waals surface area contributed by atoms with E-state index in [1.807, 2.05) is 29.2 Å². The summed E-state index contributed by atoms with van der Waals surface area (Å²) in [4.78, 5) is 35.9. The van der Waals surface area contributed by atoms with Crippen LogP contribution in [0.2, 0.25) is 0 Å². The zero-order valence-electron chi connectivity index (χ0n) is 20.3. The van der Waals surface area contributed by atoms with Crippen LogP contribution in [0.3, 0.4) is 0 Å². The fourth-order valence-corrected chi connectivity index (χ4v) is 5.44. The SMILES string of the molecule is CC(=O)NC1(c2noc(CCC(=O)N3CCC(c4nc5ccccc5o4)CC3)n2)CCCCCC1. The van der Waals surface area contributed by atoms with Crippen molar-refractivity contribution < 1.29 is 18.5 Å². The summed E-state index contributed by atoms with van der Waals surface area (Å²) in [5.74, 6) is 1.99. The van der Waals surface area contributed by atoms with Crippen molar-refractivity contribution in [3.8, 4) is 0 Å². The fourth-order valence-electron chi connectivity index (χ4n) is 5.44. The molecule has 9 heteroatoms. The van der Waals surface area contributed by atoms with Gasteiger partial charge in [0.15, 0.2) is 17.3 Å². The Labute approximate surface area is 204 Å². The first-order chi connectivity index (χ1) is 17.0. The first kappa shape index (κ1) is 23.5. The maximum absolute atomic E-state index is 12.9. The number of nitrogens with one attached hydrogen (secondary N) is 1. The smallest absolute Gasteiger partial charge is 0.227 e. The van der Waals surface area contributed by atoms with E-state index < -0.39 is 5.54 Å². The molecule has 1 aliphatic heterocycles. The van der Waals surface area contributed by atoms with Crippen LogP contribution in [0.15, 0.2) is 33.2 Å². The van der Waals surface area contributed by atoms with E-state index in [-0.39, 0.29) is 17.7 Å². The number of carbonyl (C=O) groups excluding carboxylic acids is 2. The number of hydrogen-bond acceptors (Lipinski definition) is 7. The molecular formula is C26H33N5O4. The first-order valence-corrected chi connectivity index (χ1v) is 12.8. The molecule has 1 aliphatic carbocycles. The Morgan fingerprint density at radius 3 is 2.54 bits per heavy atom. The molecule has 9 nitrogen and oxygen atoms in total. The van der Waals surface area contributed by atoms with Crippen LogP contribution in [0, 0.1) is 0 Å². The third-order valence-corrected chi connectivity index (χ3v) is 7.33. The van der Waals surface area contributed by atoms with E-state index in [1.165, 1.54) is 6.92 Å². The molecule has 3 aromatic rings. The van der Waals surface area contributed by atoms with Gasteiger partial charge in [0.25, 0.3) is 0 Å². The van der Waals surface area contributed by atoms with Gasteiger partial charge in [0.05, 0.1) is 0 Å². The number of nitrogens with zero attached hydrogens (tertiary/aromatic N) is 4. The summed E-state index contributed by atoms with van der Waals surface area (Å²) in [6.45, 7) is 2.89. The van der Waals surface area contributed by atoms with E-state index in [4.69, 9.17) is 8.94 Å². The number of carbonyl (C=O) groups is 2. The molecule has 0 unspecified atom stereocenters. The topological polar surface area (TPSA) is 114 Å². The van der Waals surface area contributed by atoms with Crippen LogP contribution < -0.4 is 5.32 Å². The predicted octanol–water partition coefficient (Wildman–Crippen LogP) is 4.24. The number of amides is 2. The molecule has 0 bridgehead atoms. The van der Waals surface area contributed by atoms with Crippen molar-refractivity contribution in [1.82, 2.24) is 25.3 Å². The lowest BCUT2D eigenvalue weighted by molar-refractivity contribution is -0.132. The molecule has 1 saturated heterocycles. The van der Waals surface area contributed by atoms with Crippen LogP contribution in [-0.4, -0.2) is 44.9 Å². The van der Waals surface area contributed by atoms with Gasteiger partial charge in [-0.25, -0.2) is 4.98 Å². The Morgan fingerprint density at radius 1 is 1.09 bits per heavy atom. The van der Waals surface area contributed by atoms with Crippen molar-refractivity contribution in [3.05, 3.63) is 41.9 Å². The molecule has 2 fully saturated rings. The number of rotatable bonds is 6. The van der Waals surface area contributed by atoms with Gasteiger partial charge < -0.3 is 19.2 Å². The molecular weight excluding hydrogens is 446 g/mol. The quantitative estimate of drug-likeness (QED) is 0.526. The minimum atomic E-state index is -0.569. The van der Waals surface area contributed by atoms with Gasteiger partial charge in [0.2, 0.25) is 17.7 Å². The van der Waals surface area contributed by atoms with Crippen molar-refractivity contribution in [2.75, 3.05) is 13.1 Å². The minimum Gasteiger partial charge on any atom is -0.440 e. The summed E-state index contributed by atoms with van der Waals surface area (Å²) in [6, 6.07) is 7.79. The van der Waals surface area contributed by atoms with Crippen molar-refractivity contribution in [1.29, 1.82) is 0 Å². The molecule has 0 spiro atoms. The van der Waals surface area contributed by atoms with E-state index in [1.54, 1.807) is 0 Å². The van der Waals surface area contributed by atoms with Crippen molar-refractivity contribution >= 4 is 22.9 Å². The highest BCUT2D eigenvalue weighted by molar-refractivity contribution is 5.76. The van der Waals surface area contributed by atoms with Gasteiger partial charge in [-0.05, 0) is 37.8 Å². The highest BCUT2D eigenvalue weighted by Gasteiger charge is 2.38. The Morgan fingerprint density at radius 2 is 1.83 bits per heavy atom. The van der Waals surface area contributed by atoms with Crippen LogP contribution in [-0.2, 0) is 21.5 Å². The van der Waals surface area contributed by atoms with Gasteiger partial charge in [0, 0.05) is 38.8 Å². The minimum absolute atomic E-state index is 0.0883.